The summed E-state index contributed by atoms with van der Waals surface area (Å²) in [6.07, 6.45) is 4.66. The summed E-state index contributed by atoms with van der Waals surface area (Å²) in [6.45, 7) is 8.74. The van der Waals surface area contributed by atoms with Crippen molar-refractivity contribution in [1.82, 2.24) is 14.7 Å². The molecule has 4 nitrogen and oxygen atoms in total. The number of hydrogen-bond acceptors (Lipinski definition) is 3. The topological polar surface area (TPSA) is 47.1 Å². The van der Waals surface area contributed by atoms with Crippen molar-refractivity contribution in [2.75, 3.05) is 13.1 Å². The van der Waals surface area contributed by atoms with Gasteiger partial charge >= 0.3 is 0 Å². The lowest BCUT2D eigenvalue weighted by atomic mass is 9.88. The zero-order valence-corrected chi connectivity index (χ0v) is 13.9. The predicted molar refractivity (Wildman–Crippen MR) is 84.1 cm³/mol. The van der Waals surface area contributed by atoms with Gasteiger partial charge in [-0.15, -0.1) is 0 Å². The smallest absolute Gasteiger partial charge is 0.0847 e. The first kappa shape index (κ1) is 15.8. The Morgan fingerprint density at radius 3 is 2.40 bits per heavy atom. The molecule has 1 fully saturated rings. The quantitative estimate of drug-likeness (QED) is 0.929. The molecule has 0 bridgehead atoms. The Hall–Kier alpha value is -0.580. The van der Waals surface area contributed by atoms with E-state index in [0.29, 0.717) is 0 Å². The van der Waals surface area contributed by atoms with Gasteiger partial charge in [0.15, 0.2) is 0 Å². The molecule has 2 rings (SSSR count). The second kappa shape index (κ2) is 6.04. The van der Waals surface area contributed by atoms with Gasteiger partial charge in [0.2, 0.25) is 0 Å². The molecule has 0 saturated carbocycles. The van der Waals surface area contributed by atoms with E-state index < -0.39 is 0 Å². The summed E-state index contributed by atoms with van der Waals surface area (Å²) in [5.74, 6) is 0. The van der Waals surface area contributed by atoms with Crippen molar-refractivity contribution in [3.8, 4) is 0 Å². The van der Waals surface area contributed by atoms with E-state index in [9.17, 15) is 0 Å². The zero-order chi connectivity index (χ0) is 14.9. The molecule has 0 aliphatic carbocycles. The number of nitrogens with zero attached hydrogens (tertiary/aromatic N) is 3. The third-order valence-corrected chi connectivity index (χ3v) is 5.25. The van der Waals surface area contributed by atoms with E-state index in [0.717, 1.165) is 35.9 Å². The molecule has 0 amide bonds. The van der Waals surface area contributed by atoms with Crippen molar-refractivity contribution in [1.29, 1.82) is 0 Å². The zero-order valence-electron chi connectivity index (χ0n) is 13.1. The molecule has 1 unspecified atom stereocenters. The van der Waals surface area contributed by atoms with E-state index in [1.165, 1.54) is 19.3 Å². The lowest BCUT2D eigenvalue weighted by Crippen LogP contribution is -2.58. The summed E-state index contributed by atoms with van der Waals surface area (Å²) in [4.78, 5) is 2.53. The van der Waals surface area contributed by atoms with Gasteiger partial charge in [0, 0.05) is 25.0 Å². The van der Waals surface area contributed by atoms with E-state index >= 15 is 0 Å². The van der Waals surface area contributed by atoms with Gasteiger partial charge in [0.05, 0.1) is 16.4 Å². The standard InChI is InChI=1S/C15H27ClN4/c1-11-14(16)12(19(4)18-11)10-13(17)15(2,3)20-8-6-5-7-9-20/h13H,5-10,17H2,1-4H3. The minimum Gasteiger partial charge on any atom is -0.326 e. The third kappa shape index (κ3) is 3.02. The van der Waals surface area contributed by atoms with Crippen LogP contribution in [0.15, 0.2) is 0 Å². The van der Waals surface area contributed by atoms with E-state index in [1.807, 2.05) is 18.7 Å². The molecule has 1 aliphatic rings. The lowest BCUT2D eigenvalue weighted by molar-refractivity contribution is 0.0726. The Balaban J connectivity index is 2.11. The van der Waals surface area contributed by atoms with Gasteiger partial charge in [-0.3, -0.25) is 9.58 Å². The highest BCUT2D eigenvalue weighted by atomic mass is 35.5. The van der Waals surface area contributed by atoms with Crippen LogP contribution in [0.4, 0.5) is 0 Å². The lowest BCUT2D eigenvalue weighted by Gasteiger charge is -2.44. The number of aromatic nitrogens is 2. The minimum atomic E-state index is -0.0120. The first-order chi connectivity index (χ1) is 9.34. The molecule has 0 spiro atoms. The fraction of sp³-hybridized carbons (Fsp3) is 0.800. The fourth-order valence-corrected chi connectivity index (χ4v) is 3.30. The van der Waals surface area contributed by atoms with Crippen molar-refractivity contribution < 1.29 is 0 Å². The molecule has 1 aromatic rings. The maximum Gasteiger partial charge on any atom is 0.0847 e. The van der Waals surface area contributed by atoms with Crippen molar-refractivity contribution in [3.63, 3.8) is 0 Å². The predicted octanol–water partition coefficient (Wildman–Crippen LogP) is 2.52. The maximum absolute atomic E-state index is 6.52. The molecule has 5 heteroatoms. The average molecular weight is 299 g/mol. The van der Waals surface area contributed by atoms with E-state index in [1.54, 1.807) is 0 Å². The molecule has 114 valence electrons. The van der Waals surface area contributed by atoms with Crippen LogP contribution in [0, 0.1) is 6.92 Å². The van der Waals surface area contributed by atoms with E-state index in [2.05, 4.69) is 23.8 Å². The van der Waals surface area contributed by atoms with Crippen LogP contribution in [0.1, 0.15) is 44.5 Å². The number of likely N-dealkylation sites (tertiary alicyclic amines) is 1. The Kier molecular flexibility index (Phi) is 4.77. The maximum atomic E-state index is 6.52. The minimum absolute atomic E-state index is 0.0120. The van der Waals surface area contributed by atoms with Gasteiger partial charge in [-0.25, -0.2) is 0 Å². The number of nitrogens with two attached hydrogens (primary N) is 1. The highest BCUT2D eigenvalue weighted by molar-refractivity contribution is 6.31. The normalized spacial score (nSPS) is 19.3. The van der Waals surface area contributed by atoms with Crippen LogP contribution in [-0.2, 0) is 13.5 Å². The van der Waals surface area contributed by atoms with Gasteiger partial charge in [-0.2, -0.15) is 5.10 Å². The largest absolute Gasteiger partial charge is 0.326 e. The molecule has 20 heavy (non-hydrogen) atoms. The number of hydrogen-bond donors (Lipinski definition) is 1. The average Bonchev–Trinajstić information content (AvgIpc) is 2.66. The molecule has 0 radical (unpaired) electrons. The van der Waals surface area contributed by atoms with E-state index in [4.69, 9.17) is 17.3 Å². The number of halogens is 1. The highest BCUT2D eigenvalue weighted by Crippen LogP contribution is 2.27. The van der Waals surface area contributed by atoms with Crippen LogP contribution in [0.5, 0.6) is 0 Å². The van der Waals surface area contributed by atoms with E-state index in [-0.39, 0.29) is 11.6 Å². The molecule has 1 aliphatic heterocycles. The van der Waals surface area contributed by atoms with Crippen LogP contribution in [0.25, 0.3) is 0 Å². The molecule has 0 aromatic carbocycles. The Bertz CT molecular complexity index is 461. The summed E-state index contributed by atoms with van der Waals surface area (Å²) in [5.41, 5.74) is 8.43. The second-order valence-corrected chi connectivity index (χ2v) is 6.86. The number of rotatable bonds is 4. The van der Waals surface area contributed by atoms with Crippen molar-refractivity contribution >= 4 is 11.6 Å². The molecular weight excluding hydrogens is 272 g/mol. The Labute approximate surface area is 127 Å². The van der Waals surface area contributed by atoms with Crippen molar-refractivity contribution in [2.45, 2.75) is 58.0 Å². The van der Waals surface area contributed by atoms with Gasteiger partial charge in [0.25, 0.3) is 0 Å². The molecule has 1 saturated heterocycles. The van der Waals surface area contributed by atoms with Crippen LogP contribution < -0.4 is 5.73 Å². The number of piperidine rings is 1. The monoisotopic (exact) mass is 298 g/mol. The SMILES string of the molecule is Cc1nn(C)c(CC(N)C(C)(C)N2CCCCC2)c1Cl. The number of aryl methyl sites for hydroxylation is 2. The Morgan fingerprint density at radius 2 is 1.90 bits per heavy atom. The van der Waals surface area contributed by atoms with Crippen LogP contribution in [0.2, 0.25) is 5.02 Å². The second-order valence-electron chi connectivity index (χ2n) is 6.48. The summed E-state index contributed by atoms with van der Waals surface area (Å²) >= 11 is 6.34. The first-order valence-electron chi connectivity index (χ1n) is 7.52. The third-order valence-electron chi connectivity index (χ3n) is 4.75. The molecule has 2 heterocycles. The van der Waals surface area contributed by atoms with Crippen LogP contribution >= 0.6 is 11.6 Å². The summed E-state index contributed by atoms with van der Waals surface area (Å²) in [7, 11) is 1.94. The van der Waals surface area contributed by atoms with Crippen molar-refractivity contribution in [3.05, 3.63) is 16.4 Å². The summed E-state index contributed by atoms with van der Waals surface area (Å²) in [5, 5.41) is 5.14. The fourth-order valence-electron chi connectivity index (χ4n) is 3.06. The highest BCUT2D eigenvalue weighted by Gasteiger charge is 2.34. The van der Waals surface area contributed by atoms with Gasteiger partial charge in [-0.1, -0.05) is 18.0 Å². The first-order valence-corrected chi connectivity index (χ1v) is 7.90. The summed E-state index contributed by atoms with van der Waals surface area (Å²) in [6, 6.07) is 0.0490. The molecule has 2 N–H and O–H groups in total. The molecule has 1 atom stereocenters. The van der Waals surface area contributed by atoms with Gasteiger partial charge < -0.3 is 5.73 Å². The molecular formula is C15H27ClN4. The molecule has 1 aromatic heterocycles. The van der Waals surface area contributed by atoms with Gasteiger partial charge in [-0.05, 0) is 46.7 Å². The van der Waals surface area contributed by atoms with Crippen molar-refractivity contribution in [2.24, 2.45) is 12.8 Å². The van der Waals surface area contributed by atoms with Gasteiger partial charge in [0.1, 0.15) is 0 Å². The Morgan fingerprint density at radius 1 is 1.30 bits per heavy atom. The van der Waals surface area contributed by atoms with Crippen LogP contribution in [-0.4, -0.2) is 39.4 Å². The summed E-state index contributed by atoms with van der Waals surface area (Å²) < 4.78 is 1.86. The van der Waals surface area contributed by atoms with Crippen LogP contribution in [0.3, 0.4) is 0 Å².